The van der Waals surface area contributed by atoms with Gasteiger partial charge in [0, 0.05) is 17.5 Å². The van der Waals surface area contributed by atoms with Gasteiger partial charge in [-0.3, -0.25) is 0 Å². The van der Waals surface area contributed by atoms with Crippen LogP contribution in [0.1, 0.15) is 38.9 Å². The van der Waals surface area contributed by atoms with Crippen LogP contribution in [-0.2, 0) is 0 Å². The van der Waals surface area contributed by atoms with Crippen molar-refractivity contribution in [3.8, 4) is 0 Å². The standard InChI is InChI=1S/C8H15N3S/c1-5(2)4-6(3)7-10-8(9)12-11-7/h5-6H,4H2,1-3H3,(H2,9,10,11). The van der Waals surface area contributed by atoms with E-state index in [4.69, 9.17) is 5.73 Å². The summed E-state index contributed by atoms with van der Waals surface area (Å²) in [5.74, 6) is 2.01. The minimum absolute atomic E-state index is 0.429. The molecule has 0 radical (unpaired) electrons. The van der Waals surface area contributed by atoms with Gasteiger partial charge in [-0.15, -0.1) is 0 Å². The molecule has 0 saturated heterocycles. The lowest BCUT2D eigenvalue weighted by molar-refractivity contribution is 0.511. The largest absolute Gasteiger partial charge is 0.374 e. The smallest absolute Gasteiger partial charge is 0.199 e. The second-order valence-corrected chi connectivity index (χ2v) is 4.30. The number of hydrogen-bond donors (Lipinski definition) is 1. The van der Waals surface area contributed by atoms with Crippen LogP contribution in [0.4, 0.5) is 5.13 Å². The highest BCUT2D eigenvalue weighted by Gasteiger charge is 2.12. The van der Waals surface area contributed by atoms with E-state index in [9.17, 15) is 0 Å². The van der Waals surface area contributed by atoms with Crippen molar-refractivity contribution in [1.82, 2.24) is 9.36 Å². The first kappa shape index (κ1) is 9.45. The average Bonchev–Trinajstić information content (AvgIpc) is 2.34. The van der Waals surface area contributed by atoms with E-state index in [0.29, 0.717) is 17.0 Å². The third-order valence-electron chi connectivity index (χ3n) is 1.72. The van der Waals surface area contributed by atoms with Crippen molar-refractivity contribution in [2.24, 2.45) is 5.92 Å². The van der Waals surface area contributed by atoms with Gasteiger partial charge in [0.25, 0.3) is 0 Å². The molecule has 0 spiro atoms. The lowest BCUT2D eigenvalue weighted by Gasteiger charge is -2.09. The Labute approximate surface area is 77.2 Å². The molecular weight excluding hydrogens is 170 g/mol. The third kappa shape index (κ3) is 2.44. The molecule has 0 aliphatic heterocycles. The van der Waals surface area contributed by atoms with Crippen LogP contribution in [0.15, 0.2) is 0 Å². The first-order chi connectivity index (χ1) is 5.59. The van der Waals surface area contributed by atoms with Crippen molar-refractivity contribution >= 4 is 16.7 Å². The summed E-state index contributed by atoms with van der Waals surface area (Å²) in [6, 6.07) is 0. The van der Waals surface area contributed by atoms with Crippen LogP contribution in [0.3, 0.4) is 0 Å². The Morgan fingerprint density at radius 3 is 2.50 bits per heavy atom. The number of nitrogens with two attached hydrogens (primary N) is 1. The highest BCUT2D eigenvalue weighted by atomic mass is 32.1. The SMILES string of the molecule is CC(C)CC(C)c1nsc(N)n1. The van der Waals surface area contributed by atoms with Gasteiger partial charge in [-0.1, -0.05) is 20.8 Å². The van der Waals surface area contributed by atoms with Crippen LogP contribution in [-0.4, -0.2) is 9.36 Å². The zero-order valence-corrected chi connectivity index (χ0v) is 8.56. The van der Waals surface area contributed by atoms with E-state index in [1.807, 2.05) is 0 Å². The number of aromatic nitrogens is 2. The Balaban J connectivity index is 2.58. The monoisotopic (exact) mass is 185 g/mol. The molecule has 0 fully saturated rings. The number of hydrogen-bond acceptors (Lipinski definition) is 4. The summed E-state index contributed by atoms with van der Waals surface area (Å²) in [6.07, 6.45) is 1.12. The molecule has 1 aromatic heterocycles. The quantitative estimate of drug-likeness (QED) is 0.786. The Morgan fingerprint density at radius 1 is 1.42 bits per heavy atom. The second kappa shape index (κ2) is 3.85. The fraction of sp³-hybridized carbons (Fsp3) is 0.750. The average molecular weight is 185 g/mol. The summed E-state index contributed by atoms with van der Waals surface area (Å²) in [7, 11) is 0. The molecule has 3 nitrogen and oxygen atoms in total. The number of anilines is 1. The first-order valence-electron chi connectivity index (χ1n) is 4.18. The van der Waals surface area contributed by atoms with Gasteiger partial charge in [-0.25, -0.2) is 4.98 Å². The van der Waals surface area contributed by atoms with Gasteiger partial charge in [0.2, 0.25) is 0 Å². The third-order valence-corrected chi connectivity index (χ3v) is 2.28. The highest BCUT2D eigenvalue weighted by molar-refractivity contribution is 7.09. The molecule has 68 valence electrons. The second-order valence-electron chi connectivity index (χ2n) is 3.52. The fourth-order valence-electron chi connectivity index (χ4n) is 1.26. The molecule has 0 aromatic carbocycles. The Hall–Kier alpha value is -0.640. The molecule has 1 heterocycles. The minimum atomic E-state index is 0.429. The highest BCUT2D eigenvalue weighted by Crippen LogP contribution is 2.22. The summed E-state index contributed by atoms with van der Waals surface area (Å²) in [6.45, 7) is 6.54. The molecule has 0 bridgehead atoms. The van der Waals surface area contributed by atoms with E-state index in [-0.39, 0.29) is 0 Å². The van der Waals surface area contributed by atoms with Crippen LogP contribution >= 0.6 is 11.5 Å². The molecule has 0 aliphatic carbocycles. The lowest BCUT2D eigenvalue weighted by atomic mass is 9.99. The first-order valence-corrected chi connectivity index (χ1v) is 4.96. The molecule has 12 heavy (non-hydrogen) atoms. The molecule has 2 N–H and O–H groups in total. The van der Waals surface area contributed by atoms with Crippen molar-refractivity contribution in [3.63, 3.8) is 0 Å². The van der Waals surface area contributed by atoms with Crippen LogP contribution in [0.25, 0.3) is 0 Å². The Morgan fingerprint density at radius 2 is 2.08 bits per heavy atom. The Bertz CT molecular complexity index is 244. The maximum Gasteiger partial charge on any atom is 0.199 e. The molecule has 1 unspecified atom stereocenters. The molecule has 1 atom stereocenters. The van der Waals surface area contributed by atoms with Crippen molar-refractivity contribution in [1.29, 1.82) is 0 Å². The maximum absolute atomic E-state index is 5.49. The predicted molar refractivity (Wildman–Crippen MR) is 52.2 cm³/mol. The van der Waals surface area contributed by atoms with E-state index in [2.05, 4.69) is 30.1 Å². The molecule has 4 heteroatoms. The van der Waals surface area contributed by atoms with Gasteiger partial charge in [-0.2, -0.15) is 4.37 Å². The number of nitrogens with zero attached hydrogens (tertiary/aromatic N) is 2. The minimum Gasteiger partial charge on any atom is -0.374 e. The van der Waals surface area contributed by atoms with Crippen molar-refractivity contribution in [3.05, 3.63) is 5.82 Å². The fourth-order valence-corrected chi connectivity index (χ4v) is 1.80. The summed E-state index contributed by atoms with van der Waals surface area (Å²) >= 11 is 1.28. The number of nitrogen functional groups attached to an aromatic ring is 1. The van der Waals surface area contributed by atoms with Gasteiger partial charge in [0.05, 0.1) is 0 Å². The zero-order chi connectivity index (χ0) is 9.14. The van der Waals surface area contributed by atoms with Gasteiger partial charge in [0.15, 0.2) is 5.13 Å². The summed E-state index contributed by atoms with van der Waals surface area (Å²) in [4.78, 5) is 4.15. The van der Waals surface area contributed by atoms with E-state index < -0.39 is 0 Å². The summed E-state index contributed by atoms with van der Waals surface area (Å²) < 4.78 is 4.17. The van der Waals surface area contributed by atoms with Crippen LogP contribution in [0.5, 0.6) is 0 Å². The van der Waals surface area contributed by atoms with Crippen molar-refractivity contribution in [2.45, 2.75) is 33.1 Å². The zero-order valence-electron chi connectivity index (χ0n) is 7.74. The van der Waals surface area contributed by atoms with Gasteiger partial charge in [0.1, 0.15) is 5.82 Å². The Kier molecular flexibility index (Phi) is 3.03. The van der Waals surface area contributed by atoms with Crippen molar-refractivity contribution in [2.75, 3.05) is 5.73 Å². The van der Waals surface area contributed by atoms with Gasteiger partial charge >= 0.3 is 0 Å². The van der Waals surface area contributed by atoms with E-state index in [0.717, 1.165) is 12.2 Å². The molecule has 0 amide bonds. The van der Waals surface area contributed by atoms with E-state index in [1.54, 1.807) is 0 Å². The normalized spacial score (nSPS) is 13.7. The summed E-state index contributed by atoms with van der Waals surface area (Å²) in [5, 5.41) is 0.570. The topological polar surface area (TPSA) is 51.8 Å². The maximum atomic E-state index is 5.49. The molecule has 0 aliphatic rings. The molecule has 1 aromatic rings. The molecule has 0 saturated carbocycles. The molecule has 1 rings (SSSR count). The predicted octanol–water partition coefficient (Wildman–Crippen LogP) is 2.27. The van der Waals surface area contributed by atoms with E-state index in [1.165, 1.54) is 11.5 Å². The molecular formula is C8H15N3S. The van der Waals surface area contributed by atoms with Gasteiger partial charge < -0.3 is 5.73 Å². The van der Waals surface area contributed by atoms with E-state index >= 15 is 0 Å². The van der Waals surface area contributed by atoms with Crippen LogP contribution in [0, 0.1) is 5.92 Å². The van der Waals surface area contributed by atoms with Crippen molar-refractivity contribution < 1.29 is 0 Å². The van der Waals surface area contributed by atoms with Gasteiger partial charge in [-0.05, 0) is 12.3 Å². The number of rotatable bonds is 3. The lowest BCUT2D eigenvalue weighted by Crippen LogP contribution is -2.00. The summed E-state index contributed by atoms with van der Waals surface area (Å²) in [5.41, 5.74) is 5.49. The van der Waals surface area contributed by atoms with Crippen LogP contribution in [0.2, 0.25) is 0 Å². The van der Waals surface area contributed by atoms with Crippen LogP contribution < -0.4 is 5.73 Å².